The van der Waals surface area contributed by atoms with Crippen molar-refractivity contribution in [3.63, 3.8) is 0 Å². The van der Waals surface area contributed by atoms with Crippen molar-refractivity contribution >= 4 is 11.6 Å². The standard InChI is InChI=1S/C14H20FN3O2/c15-12-2-1-3-13(10-12)17-11-14(19)16-4-5-18-6-8-20-9-7-18/h1-3,10,17H,4-9,11H2,(H,16,19). The number of anilines is 1. The highest BCUT2D eigenvalue weighted by Crippen LogP contribution is 2.08. The number of carbonyl (C=O) groups is 1. The normalized spacial score (nSPS) is 15.8. The van der Waals surface area contributed by atoms with Crippen molar-refractivity contribution in [3.8, 4) is 0 Å². The first-order chi connectivity index (χ1) is 9.74. The maximum atomic E-state index is 12.9. The van der Waals surface area contributed by atoms with Crippen molar-refractivity contribution in [1.82, 2.24) is 10.2 Å². The summed E-state index contributed by atoms with van der Waals surface area (Å²) < 4.78 is 18.2. The van der Waals surface area contributed by atoms with E-state index in [2.05, 4.69) is 15.5 Å². The number of hydrogen-bond acceptors (Lipinski definition) is 4. The van der Waals surface area contributed by atoms with Crippen molar-refractivity contribution in [1.29, 1.82) is 0 Å². The van der Waals surface area contributed by atoms with Crippen LogP contribution in [-0.4, -0.2) is 56.7 Å². The number of benzene rings is 1. The van der Waals surface area contributed by atoms with Crippen LogP contribution in [0.2, 0.25) is 0 Å². The largest absolute Gasteiger partial charge is 0.379 e. The fourth-order valence-corrected chi connectivity index (χ4v) is 2.02. The van der Waals surface area contributed by atoms with E-state index >= 15 is 0 Å². The van der Waals surface area contributed by atoms with Crippen LogP contribution in [0.1, 0.15) is 0 Å². The first kappa shape index (κ1) is 14.7. The Hall–Kier alpha value is -1.66. The molecule has 6 heteroatoms. The third-order valence-electron chi connectivity index (χ3n) is 3.13. The summed E-state index contributed by atoms with van der Waals surface area (Å²) in [4.78, 5) is 13.9. The number of morpholine rings is 1. The van der Waals surface area contributed by atoms with Crippen LogP contribution < -0.4 is 10.6 Å². The van der Waals surface area contributed by atoms with Gasteiger partial charge in [0.25, 0.3) is 0 Å². The molecule has 1 aliphatic heterocycles. The lowest BCUT2D eigenvalue weighted by Gasteiger charge is -2.26. The summed E-state index contributed by atoms with van der Waals surface area (Å²) >= 11 is 0. The quantitative estimate of drug-likeness (QED) is 0.805. The monoisotopic (exact) mass is 281 g/mol. The van der Waals surface area contributed by atoms with Gasteiger partial charge >= 0.3 is 0 Å². The van der Waals surface area contributed by atoms with Crippen molar-refractivity contribution < 1.29 is 13.9 Å². The van der Waals surface area contributed by atoms with Crippen LogP contribution in [0.4, 0.5) is 10.1 Å². The van der Waals surface area contributed by atoms with E-state index in [-0.39, 0.29) is 18.3 Å². The predicted molar refractivity (Wildman–Crippen MR) is 75.2 cm³/mol. The third-order valence-corrected chi connectivity index (χ3v) is 3.13. The van der Waals surface area contributed by atoms with Crippen LogP contribution >= 0.6 is 0 Å². The van der Waals surface area contributed by atoms with E-state index in [1.165, 1.54) is 12.1 Å². The predicted octanol–water partition coefficient (Wildman–Crippen LogP) is 0.686. The molecule has 2 N–H and O–H groups in total. The molecule has 1 aromatic rings. The summed E-state index contributed by atoms with van der Waals surface area (Å²) in [5, 5.41) is 5.73. The van der Waals surface area contributed by atoms with E-state index in [9.17, 15) is 9.18 Å². The maximum absolute atomic E-state index is 12.9. The molecule has 0 radical (unpaired) electrons. The fraction of sp³-hybridized carbons (Fsp3) is 0.500. The lowest BCUT2D eigenvalue weighted by molar-refractivity contribution is -0.119. The Bertz CT molecular complexity index is 436. The Morgan fingerprint density at radius 1 is 1.35 bits per heavy atom. The first-order valence-electron chi connectivity index (χ1n) is 6.80. The van der Waals surface area contributed by atoms with Crippen LogP contribution in [0.3, 0.4) is 0 Å². The molecule has 0 atom stereocenters. The number of amides is 1. The summed E-state index contributed by atoms with van der Waals surface area (Å²) in [7, 11) is 0. The molecule has 0 spiro atoms. The number of hydrogen-bond donors (Lipinski definition) is 2. The van der Waals surface area contributed by atoms with Gasteiger partial charge in [-0.2, -0.15) is 0 Å². The van der Waals surface area contributed by atoms with Gasteiger partial charge in [-0.15, -0.1) is 0 Å². The minimum absolute atomic E-state index is 0.0949. The molecule has 1 amide bonds. The van der Waals surface area contributed by atoms with Crippen molar-refractivity contribution in [3.05, 3.63) is 30.1 Å². The molecule has 0 aliphatic carbocycles. The highest BCUT2D eigenvalue weighted by Gasteiger charge is 2.10. The second-order valence-electron chi connectivity index (χ2n) is 4.67. The van der Waals surface area contributed by atoms with E-state index < -0.39 is 0 Å². The molecule has 0 saturated carbocycles. The Balaban J connectivity index is 1.60. The molecule has 0 bridgehead atoms. The van der Waals surface area contributed by atoms with Crippen LogP contribution in [0.15, 0.2) is 24.3 Å². The zero-order valence-electron chi connectivity index (χ0n) is 11.4. The SMILES string of the molecule is O=C(CNc1cccc(F)c1)NCCN1CCOCC1. The first-order valence-corrected chi connectivity index (χ1v) is 6.80. The average molecular weight is 281 g/mol. The van der Waals surface area contributed by atoms with E-state index in [1.807, 2.05) is 0 Å². The van der Waals surface area contributed by atoms with Gasteiger partial charge in [0.1, 0.15) is 5.82 Å². The molecule has 2 rings (SSSR count). The number of carbonyl (C=O) groups excluding carboxylic acids is 1. The average Bonchev–Trinajstić information content (AvgIpc) is 2.46. The van der Waals surface area contributed by atoms with E-state index in [4.69, 9.17) is 4.74 Å². The molecule has 5 nitrogen and oxygen atoms in total. The summed E-state index contributed by atoms with van der Waals surface area (Å²) in [5.41, 5.74) is 0.605. The van der Waals surface area contributed by atoms with Crippen LogP contribution in [-0.2, 0) is 9.53 Å². The van der Waals surface area contributed by atoms with Crippen LogP contribution in [0.25, 0.3) is 0 Å². The van der Waals surface area contributed by atoms with Gasteiger partial charge in [-0.1, -0.05) is 6.07 Å². The minimum Gasteiger partial charge on any atom is -0.379 e. The van der Waals surface area contributed by atoms with Gasteiger partial charge in [-0.3, -0.25) is 9.69 Å². The van der Waals surface area contributed by atoms with E-state index in [0.29, 0.717) is 12.2 Å². The molecule has 0 unspecified atom stereocenters. The summed E-state index contributed by atoms with van der Waals surface area (Å²) in [6, 6.07) is 6.06. The molecule has 1 fully saturated rings. The van der Waals surface area contributed by atoms with Gasteiger partial charge in [0.15, 0.2) is 0 Å². The smallest absolute Gasteiger partial charge is 0.239 e. The molecule has 1 heterocycles. The van der Waals surface area contributed by atoms with Gasteiger partial charge in [0.2, 0.25) is 5.91 Å². The maximum Gasteiger partial charge on any atom is 0.239 e. The number of rotatable bonds is 6. The number of ether oxygens (including phenoxy) is 1. The molecular formula is C14H20FN3O2. The molecule has 1 aromatic carbocycles. The molecule has 0 aromatic heterocycles. The molecule has 1 saturated heterocycles. The third kappa shape index (κ3) is 5.14. The fourth-order valence-electron chi connectivity index (χ4n) is 2.02. The zero-order chi connectivity index (χ0) is 14.2. The van der Waals surface area contributed by atoms with E-state index in [1.54, 1.807) is 12.1 Å². The highest BCUT2D eigenvalue weighted by molar-refractivity contribution is 5.80. The second-order valence-corrected chi connectivity index (χ2v) is 4.67. The van der Waals surface area contributed by atoms with E-state index in [0.717, 1.165) is 32.8 Å². The van der Waals surface area contributed by atoms with Crippen molar-refractivity contribution in [2.75, 3.05) is 51.3 Å². The summed E-state index contributed by atoms with van der Waals surface area (Å²) in [6.07, 6.45) is 0. The second kappa shape index (κ2) is 7.81. The van der Waals surface area contributed by atoms with Gasteiger partial charge < -0.3 is 15.4 Å². The summed E-state index contributed by atoms with van der Waals surface area (Å²) in [5.74, 6) is -0.412. The highest BCUT2D eigenvalue weighted by atomic mass is 19.1. The van der Waals surface area contributed by atoms with Crippen molar-refractivity contribution in [2.45, 2.75) is 0 Å². The molecule has 1 aliphatic rings. The summed E-state index contributed by atoms with van der Waals surface area (Å²) in [6.45, 7) is 4.93. The van der Waals surface area contributed by atoms with Gasteiger partial charge in [-0.25, -0.2) is 4.39 Å². The molecule has 110 valence electrons. The van der Waals surface area contributed by atoms with Crippen LogP contribution in [0, 0.1) is 5.82 Å². The molecular weight excluding hydrogens is 261 g/mol. The lowest BCUT2D eigenvalue weighted by atomic mass is 10.3. The number of nitrogens with zero attached hydrogens (tertiary/aromatic N) is 1. The Labute approximate surface area is 118 Å². The Morgan fingerprint density at radius 3 is 2.90 bits per heavy atom. The van der Waals surface area contributed by atoms with Gasteiger partial charge in [-0.05, 0) is 18.2 Å². The van der Waals surface area contributed by atoms with Crippen LogP contribution in [0.5, 0.6) is 0 Å². The Morgan fingerprint density at radius 2 is 2.15 bits per heavy atom. The number of nitrogens with one attached hydrogen (secondary N) is 2. The van der Waals surface area contributed by atoms with Gasteiger partial charge in [0.05, 0.1) is 19.8 Å². The Kier molecular flexibility index (Phi) is 5.76. The minimum atomic E-state index is -0.317. The molecule has 20 heavy (non-hydrogen) atoms. The van der Waals surface area contributed by atoms with Crippen molar-refractivity contribution in [2.24, 2.45) is 0 Å². The zero-order valence-corrected chi connectivity index (χ0v) is 11.4. The number of halogens is 1. The lowest BCUT2D eigenvalue weighted by Crippen LogP contribution is -2.42. The van der Waals surface area contributed by atoms with Gasteiger partial charge in [0, 0.05) is 31.9 Å². The topological polar surface area (TPSA) is 53.6 Å².